The lowest BCUT2D eigenvalue weighted by Gasteiger charge is -2.03. The number of halogens is 1. The number of hydrogen-bond donors (Lipinski definition) is 0. The van der Waals surface area contributed by atoms with Crippen molar-refractivity contribution in [3.63, 3.8) is 0 Å². The van der Waals surface area contributed by atoms with Crippen LogP contribution in [0.4, 0.5) is 0 Å². The highest BCUT2D eigenvalue weighted by Crippen LogP contribution is 2.14. The minimum absolute atomic E-state index is 0.780. The Morgan fingerprint density at radius 3 is 2.58 bits per heavy atom. The van der Waals surface area contributed by atoms with Gasteiger partial charge in [-0.15, -0.1) is 0 Å². The van der Waals surface area contributed by atoms with Gasteiger partial charge in [0.25, 0.3) is 0 Å². The highest BCUT2D eigenvalue weighted by Gasteiger charge is 2.01. The van der Waals surface area contributed by atoms with Crippen LogP contribution in [0.2, 0.25) is 5.02 Å². The van der Waals surface area contributed by atoms with Crippen LogP contribution in [0.3, 0.4) is 0 Å². The Kier molecular flexibility index (Phi) is 3.43. The number of para-hydroxylation sites is 2. The fraction of sp³-hybridized carbons (Fsp3) is 0.125. The molecule has 0 N–H and O–H groups in total. The van der Waals surface area contributed by atoms with E-state index in [9.17, 15) is 0 Å². The third-order valence-corrected chi connectivity index (χ3v) is 3.29. The van der Waals surface area contributed by atoms with Crippen LogP contribution in [0.5, 0.6) is 0 Å². The number of rotatable bonds is 3. The van der Waals surface area contributed by atoms with Crippen molar-refractivity contribution in [2.45, 2.75) is 12.8 Å². The lowest BCUT2D eigenvalue weighted by molar-refractivity contribution is 0.912. The van der Waals surface area contributed by atoms with E-state index in [1.54, 1.807) is 0 Å². The van der Waals surface area contributed by atoms with Crippen LogP contribution in [0.25, 0.3) is 11.0 Å². The van der Waals surface area contributed by atoms with Crippen molar-refractivity contribution < 1.29 is 0 Å². The molecule has 0 aliphatic heterocycles. The van der Waals surface area contributed by atoms with E-state index in [4.69, 9.17) is 11.6 Å². The second-order valence-electron chi connectivity index (χ2n) is 4.48. The van der Waals surface area contributed by atoms with E-state index in [2.05, 4.69) is 16.0 Å². The quantitative estimate of drug-likeness (QED) is 0.716. The minimum Gasteiger partial charge on any atom is -0.253 e. The Morgan fingerprint density at radius 2 is 1.74 bits per heavy atom. The molecular formula is C16H13ClN2. The van der Waals surface area contributed by atoms with E-state index in [1.807, 2.05) is 48.7 Å². The molecule has 0 unspecified atom stereocenters. The van der Waals surface area contributed by atoms with Gasteiger partial charge in [-0.3, -0.25) is 4.98 Å². The minimum atomic E-state index is 0.780. The van der Waals surface area contributed by atoms with Gasteiger partial charge in [0.1, 0.15) is 0 Å². The number of hydrogen-bond acceptors (Lipinski definition) is 2. The molecule has 0 spiro atoms. The van der Waals surface area contributed by atoms with Crippen molar-refractivity contribution in [3.8, 4) is 0 Å². The van der Waals surface area contributed by atoms with Gasteiger partial charge in [0.2, 0.25) is 0 Å². The lowest BCUT2D eigenvalue weighted by atomic mass is 10.1. The summed E-state index contributed by atoms with van der Waals surface area (Å²) in [7, 11) is 0. The van der Waals surface area contributed by atoms with Crippen molar-refractivity contribution in [1.29, 1.82) is 0 Å². The van der Waals surface area contributed by atoms with E-state index < -0.39 is 0 Å². The predicted molar refractivity (Wildman–Crippen MR) is 78.4 cm³/mol. The first-order chi connectivity index (χ1) is 9.31. The first-order valence-corrected chi connectivity index (χ1v) is 6.64. The van der Waals surface area contributed by atoms with Gasteiger partial charge in [0, 0.05) is 11.2 Å². The van der Waals surface area contributed by atoms with Gasteiger partial charge in [0.05, 0.1) is 16.7 Å². The summed E-state index contributed by atoms with van der Waals surface area (Å²) in [6, 6.07) is 15.9. The summed E-state index contributed by atoms with van der Waals surface area (Å²) >= 11 is 5.98. The maximum absolute atomic E-state index is 5.98. The molecule has 3 aromatic rings. The molecule has 3 rings (SSSR count). The molecule has 0 aliphatic rings. The van der Waals surface area contributed by atoms with Gasteiger partial charge in [-0.2, -0.15) is 0 Å². The maximum Gasteiger partial charge on any atom is 0.0890 e. The Bertz CT molecular complexity index is 710. The van der Waals surface area contributed by atoms with Crippen molar-refractivity contribution in [2.24, 2.45) is 0 Å². The Morgan fingerprint density at radius 1 is 0.895 bits per heavy atom. The molecule has 0 aliphatic carbocycles. The van der Waals surface area contributed by atoms with E-state index in [-0.39, 0.29) is 0 Å². The van der Waals surface area contributed by atoms with Crippen LogP contribution in [-0.2, 0) is 12.8 Å². The zero-order valence-electron chi connectivity index (χ0n) is 10.4. The average Bonchev–Trinajstić information content (AvgIpc) is 2.45. The Hall–Kier alpha value is -1.93. The highest BCUT2D eigenvalue weighted by molar-refractivity contribution is 6.30. The summed E-state index contributed by atoms with van der Waals surface area (Å²) in [6.07, 6.45) is 3.65. The number of aryl methyl sites for hydroxylation is 2. The summed E-state index contributed by atoms with van der Waals surface area (Å²) in [5.74, 6) is 0. The summed E-state index contributed by atoms with van der Waals surface area (Å²) in [5, 5.41) is 0.780. The number of benzene rings is 2. The smallest absolute Gasteiger partial charge is 0.0890 e. The normalized spacial score (nSPS) is 10.8. The second-order valence-corrected chi connectivity index (χ2v) is 4.92. The van der Waals surface area contributed by atoms with E-state index in [1.165, 1.54) is 5.56 Å². The molecule has 2 nitrogen and oxygen atoms in total. The summed E-state index contributed by atoms with van der Waals surface area (Å²) in [5.41, 5.74) is 4.13. The van der Waals surface area contributed by atoms with Gasteiger partial charge < -0.3 is 0 Å². The molecule has 0 amide bonds. The second kappa shape index (κ2) is 5.37. The molecule has 1 aromatic heterocycles. The molecule has 3 heteroatoms. The molecule has 0 radical (unpaired) electrons. The number of nitrogens with zero attached hydrogens (tertiary/aromatic N) is 2. The van der Waals surface area contributed by atoms with E-state index >= 15 is 0 Å². The molecule has 0 bridgehead atoms. The van der Waals surface area contributed by atoms with Crippen LogP contribution >= 0.6 is 11.6 Å². The van der Waals surface area contributed by atoms with E-state index in [0.717, 1.165) is 34.6 Å². The van der Waals surface area contributed by atoms with Gasteiger partial charge in [-0.25, -0.2) is 4.98 Å². The molecule has 0 fully saturated rings. The van der Waals surface area contributed by atoms with Gasteiger partial charge in [-0.05, 0) is 42.7 Å². The van der Waals surface area contributed by atoms with Gasteiger partial charge >= 0.3 is 0 Å². The third-order valence-electron chi connectivity index (χ3n) is 3.06. The van der Waals surface area contributed by atoms with E-state index in [0.29, 0.717) is 0 Å². The van der Waals surface area contributed by atoms with Gasteiger partial charge in [0.15, 0.2) is 0 Å². The topological polar surface area (TPSA) is 25.8 Å². The van der Waals surface area contributed by atoms with Crippen molar-refractivity contribution in [3.05, 3.63) is 71.0 Å². The Labute approximate surface area is 117 Å². The third kappa shape index (κ3) is 2.91. The summed E-state index contributed by atoms with van der Waals surface area (Å²) in [4.78, 5) is 9.04. The molecule has 2 aromatic carbocycles. The fourth-order valence-electron chi connectivity index (χ4n) is 2.08. The lowest BCUT2D eigenvalue weighted by Crippen LogP contribution is -1.96. The van der Waals surface area contributed by atoms with Crippen molar-refractivity contribution in [2.75, 3.05) is 0 Å². The zero-order valence-corrected chi connectivity index (χ0v) is 11.1. The fourth-order valence-corrected chi connectivity index (χ4v) is 2.29. The maximum atomic E-state index is 5.98. The molecule has 0 saturated heterocycles. The van der Waals surface area contributed by atoms with Gasteiger partial charge in [-0.1, -0.05) is 35.9 Å². The molecule has 0 saturated carbocycles. The van der Waals surface area contributed by atoms with Crippen LogP contribution in [0.15, 0.2) is 54.7 Å². The highest BCUT2D eigenvalue weighted by atomic mass is 35.5. The molecule has 0 atom stereocenters. The standard InChI is InChI=1S/C16H13ClN2/c17-13-5-3-4-12(10-13)8-9-14-11-18-15-6-1-2-7-16(15)19-14/h1-7,10-11H,8-9H2. The van der Waals surface area contributed by atoms with Crippen LogP contribution < -0.4 is 0 Å². The van der Waals surface area contributed by atoms with Crippen LogP contribution in [-0.4, -0.2) is 9.97 Å². The first-order valence-electron chi connectivity index (χ1n) is 6.26. The number of aromatic nitrogens is 2. The molecule has 94 valence electrons. The summed E-state index contributed by atoms with van der Waals surface area (Å²) in [6.45, 7) is 0. The van der Waals surface area contributed by atoms with Crippen molar-refractivity contribution >= 4 is 22.6 Å². The molecular weight excluding hydrogens is 256 g/mol. The zero-order chi connectivity index (χ0) is 13.1. The number of fused-ring (bicyclic) bond motifs is 1. The molecule has 19 heavy (non-hydrogen) atoms. The summed E-state index contributed by atoms with van der Waals surface area (Å²) < 4.78 is 0. The predicted octanol–water partition coefficient (Wildman–Crippen LogP) is 4.07. The monoisotopic (exact) mass is 268 g/mol. The SMILES string of the molecule is Clc1cccc(CCc2cnc3ccccc3n2)c1. The van der Waals surface area contributed by atoms with Crippen LogP contribution in [0, 0.1) is 0 Å². The van der Waals surface area contributed by atoms with Crippen molar-refractivity contribution in [1.82, 2.24) is 9.97 Å². The Balaban J connectivity index is 1.78. The average molecular weight is 269 g/mol. The van der Waals surface area contributed by atoms with Crippen LogP contribution in [0.1, 0.15) is 11.3 Å². The molecule has 1 heterocycles. The largest absolute Gasteiger partial charge is 0.253 e. The first kappa shape index (κ1) is 12.1.